The van der Waals surface area contributed by atoms with Crippen LogP contribution >= 0.6 is 11.3 Å². The van der Waals surface area contributed by atoms with E-state index in [-0.39, 0.29) is 41.1 Å². The molecule has 1 saturated heterocycles. The molecule has 0 spiro atoms. The van der Waals surface area contributed by atoms with Crippen molar-refractivity contribution >= 4 is 40.4 Å². The highest BCUT2D eigenvalue weighted by Crippen LogP contribution is 2.34. The number of carbonyl (C=O) groups excluding carboxylic acids is 3. The van der Waals surface area contributed by atoms with Gasteiger partial charge in [0, 0.05) is 30.5 Å². The fraction of sp³-hybridized carbons (Fsp3) is 0.320. The molecule has 0 saturated carbocycles. The summed E-state index contributed by atoms with van der Waals surface area (Å²) in [6.07, 6.45) is 1.40. The number of anilines is 2. The lowest BCUT2D eigenvalue weighted by molar-refractivity contribution is -0.121. The number of carbonyl (C=O) groups is 3. The molecular weight excluding hydrogens is 482 g/mol. The monoisotopic (exact) mass is 507 g/mol. The fourth-order valence-corrected chi connectivity index (χ4v) is 5.01. The summed E-state index contributed by atoms with van der Waals surface area (Å²) in [4.78, 5) is 40.3. The van der Waals surface area contributed by atoms with Crippen LogP contribution < -0.4 is 20.1 Å². The van der Waals surface area contributed by atoms with Crippen LogP contribution in [0.5, 0.6) is 11.5 Å². The third kappa shape index (κ3) is 4.87. The van der Waals surface area contributed by atoms with Crippen molar-refractivity contribution < 1.29 is 23.9 Å². The Morgan fingerprint density at radius 3 is 2.56 bits per heavy atom. The average molecular weight is 508 g/mol. The number of aromatic nitrogens is 2. The molecule has 5 rings (SSSR count). The minimum atomic E-state index is -0.477. The first-order chi connectivity index (χ1) is 17.4. The maximum Gasteiger partial charge on any atom is 0.286 e. The Labute approximate surface area is 211 Å². The standard InChI is InChI=1S/C25H25N5O5S/c1-14-5-3-6-15(2)20(14)27-21(31)16-7-4-10-30(12-16)25(33)24-29-28-23(36-24)22(32)26-17-8-9-18-19(11-17)35-13-34-18/h3,5-6,8-9,11,16H,4,7,10,12-13H2,1-2H3,(H,26,32)(H,27,31). The molecule has 3 aromatic rings. The quantitative estimate of drug-likeness (QED) is 0.541. The normalized spacial score (nSPS) is 16.5. The number of hydrogen-bond acceptors (Lipinski definition) is 8. The van der Waals surface area contributed by atoms with Crippen molar-refractivity contribution in [2.75, 3.05) is 30.5 Å². The van der Waals surface area contributed by atoms with Crippen molar-refractivity contribution in [2.24, 2.45) is 5.92 Å². The number of para-hydroxylation sites is 1. The predicted molar refractivity (Wildman–Crippen MR) is 134 cm³/mol. The first-order valence-corrected chi connectivity index (χ1v) is 12.4. The molecule has 10 nitrogen and oxygen atoms in total. The molecule has 0 aliphatic carbocycles. The van der Waals surface area contributed by atoms with Crippen LogP contribution in [0.2, 0.25) is 0 Å². The Balaban J connectivity index is 1.22. The van der Waals surface area contributed by atoms with Gasteiger partial charge in [-0.2, -0.15) is 0 Å². The van der Waals surface area contributed by atoms with Gasteiger partial charge < -0.3 is 25.0 Å². The molecule has 1 atom stereocenters. The summed E-state index contributed by atoms with van der Waals surface area (Å²) >= 11 is 0.922. The molecule has 2 aromatic carbocycles. The number of fused-ring (bicyclic) bond motifs is 1. The zero-order valence-electron chi connectivity index (χ0n) is 19.9. The second kappa shape index (κ2) is 9.94. The van der Waals surface area contributed by atoms with Gasteiger partial charge in [-0.15, -0.1) is 10.2 Å². The second-order valence-corrected chi connectivity index (χ2v) is 9.76. The molecule has 186 valence electrons. The predicted octanol–water partition coefficient (Wildman–Crippen LogP) is 3.63. The number of rotatable bonds is 5. The highest BCUT2D eigenvalue weighted by atomic mass is 32.1. The SMILES string of the molecule is Cc1cccc(C)c1NC(=O)C1CCCN(C(=O)c2nnc(C(=O)Nc3ccc4c(c3)OCO4)s2)C1. The number of nitrogens with one attached hydrogen (secondary N) is 2. The summed E-state index contributed by atoms with van der Waals surface area (Å²) in [7, 11) is 0. The van der Waals surface area contributed by atoms with Gasteiger partial charge in [0.15, 0.2) is 11.5 Å². The molecule has 3 heterocycles. The molecule has 0 radical (unpaired) electrons. The summed E-state index contributed by atoms with van der Waals surface area (Å²) in [6, 6.07) is 10.9. The van der Waals surface area contributed by atoms with Crippen LogP contribution in [0.3, 0.4) is 0 Å². The molecule has 1 unspecified atom stereocenters. The molecule has 1 aromatic heterocycles. The first kappa shape index (κ1) is 23.7. The number of piperidine rings is 1. The number of amides is 3. The Morgan fingerprint density at radius 1 is 1.00 bits per heavy atom. The molecule has 2 aliphatic heterocycles. The molecule has 11 heteroatoms. The summed E-state index contributed by atoms with van der Waals surface area (Å²) < 4.78 is 10.6. The summed E-state index contributed by atoms with van der Waals surface area (Å²) in [5, 5.41) is 13.8. The minimum absolute atomic E-state index is 0.0670. The summed E-state index contributed by atoms with van der Waals surface area (Å²) in [5.74, 6) is -0.0926. The van der Waals surface area contributed by atoms with E-state index in [0.717, 1.165) is 28.2 Å². The van der Waals surface area contributed by atoms with Gasteiger partial charge in [-0.3, -0.25) is 14.4 Å². The molecule has 1 fully saturated rings. The van der Waals surface area contributed by atoms with Crippen molar-refractivity contribution in [1.29, 1.82) is 0 Å². The summed E-state index contributed by atoms with van der Waals surface area (Å²) in [5.41, 5.74) is 3.31. The van der Waals surface area contributed by atoms with E-state index in [0.29, 0.717) is 36.6 Å². The second-order valence-electron chi connectivity index (χ2n) is 8.78. The third-order valence-electron chi connectivity index (χ3n) is 6.24. The fourth-order valence-electron chi connectivity index (χ4n) is 4.31. The zero-order valence-corrected chi connectivity index (χ0v) is 20.7. The first-order valence-electron chi connectivity index (χ1n) is 11.6. The van der Waals surface area contributed by atoms with Gasteiger partial charge in [-0.25, -0.2) is 0 Å². The number of nitrogens with zero attached hydrogens (tertiary/aromatic N) is 3. The van der Waals surface area contributed by atoms with Crippen LogP contribution in [-0.2, 0) is 4.79 Å². The number of likely N-dealkylation sites (tertiary alicyclic amines) is 1. The van der Waals surface area contributed by atoms with Crippen molar-refractivity contribution in [1.82, 2.24) is 15.1 Å². The van der Waals surface area contributed by atoms with Crippen molar-refractivity contribution in [3.8, 4) is 11.5 Å². The Bertz CT molecular complexity index is 1320. The van der Waals surface area contributed by atoms with E-state index in [1.165, 1.54) is 0 Å². The van der Waals surface area contributed by atoms with Gasteiger partial charge in [0.25, 0.3) is 11.8 Å². The number of benzene rings is 2. The molecule has 3 amide bonds. The average Bonchev–Trinajstić information content (AvgIpc) is 3.56. The lowest BCUT2D eigenvalue weighted by atomic mass is 9.96. The lowest BCUT2D eigenvalue weighted by Crippen LogP contribution is -2.43. The van der Waals surface area contributed by atoms with Crippen LogP contribution in [0, 0.1) is 19.8 Å². The molecule has 2 aliphatic rings. The van der Waals surface area contributed by atoms with Crippen LogP contribution in [0.25, 0.3) is 0 Å². The minimum Gasteiger partial charge on any atom is -0.454 e. The highest BCUT2D eigenvalue weighted by Gasteiger charge is 2.31. The van der Waals surface area contributed by atoms with E-state index in [4.69, 9.17) is 9.47 Å². The maximum absolute atomic E-state index is 13.1. The third-order valence-corrected chi connectivity index (χ3v) is 7.15. The lowest BCUT2D eigenvalue weighted by Gasteiger charge is -2.31. The van der Waals surface area contributed by atoms with Crippen molar-refractivity contribution in [2.45, 2.75) is 26.7 Å². The Morgan fingerprint density at radius 2 is 1.75 bits per heavy atom. The van der Waals surface area contributed by atoms with E-state index >= 15 is 0 Å². The molecule has 0 bridgehead atoms. The van der Waals surface area contributed by atoms with E-state index in [2.05, 4.69) is 20.8 Å². The smallest absolute Gasteiger partial charge is 0.286 e. The topological polar surface area (TPSA) is 123 Å². The van der Waals surface area contributed by atoms with Crippen molar-refractivity contribution in [3.05, 3.63) is 57.5 Å². The summed E-state index contributed by atoms with van der Waals surface area (Å²) in [6.45, 7) is 4.85. The van der Waals surface area contributed by atoms with E-state index in [1.54, 1.807) is 23.1 Å². The Hall–Kier alpha value is -3.99. The van der Waals surface area contributed by atoms with Gasteiger partial charge in [-0.05, 0) is 49.9 Å². The maximum atomic E-state index is 13.1. The highest BCUT2D eigenvalue weighted by molar-refractivity contribution is 7.15. The number of ether oxygens (including phenoxy) is 2. The van der Waals surface area contributed by atoms with E-state index < -0.39 is 5.91 Å². The largest absolute Gasteiger partial charge is 0.454 e. The van der Waals surface area contributed by atoms with Crippen LogP contribution in [0.15, 0.2) is 36.4 Å². The number of hydrogen-bond donors (Lipinski definition) is 2. The molecular formula is C25H25N5O5S. The van der Waals surface area contributed by atoms with Crippen molar-refractivity contribution in [3.63, 3.8) is 0 Å². The van der Waals surface area contributed by atoms with Gasteiger partial charge >= 0.3 is 0 Å². The molecule has 2 N–H and O–H groups in total. The zero-order chi connectivity index (χ0) is 25.2. The van der Waals surface area contributed by atoms with Crippen LogP contribution in [0.4, 0.5) is 11.4 Å². The Kier molecular flexibility index (Phi) is 6.55. The van der Waals surface area contributed by atoms with Gasteiger partial charge in [0.05, 0.1) is 5.92 Å². The molecule has 36 heavy (non-hydrogen) atoms. The van der Waals surface area contributed by atoms with Gasteiger partial charge in [-0.1, -0.05) is 29.5 Å². The van der Waals surface area contributed by atoms with Crippen LogP contribution in [0.1, 0.15) is 43.6 Å². The van der Waals surface area contributed by atoms with E-state index in [9.17, 15) is 14.4 Å². The number of aryl methyl sites for hydroxylation is 2. The van der Waals surface area contributed by atoms with Crippen LogP contribution in [-0.4, -0.2) is 52.7 Å². The van der Waals surface area contributed by atoms with E-state index in [1.807, 2.05) is 32.0 Å². The van der Waals surface area contributed by atoms with Gasteiger partial charge in [0.1, 0.15) is 0 Å². The van der Waals surface area contributed by atoms with Gasteiger partial charge in [0.2, 0.25) is 22.7 Å².